The van der Waals surface area contributed by atoms with Crippen LogP contribution in [0.5, 0.6) is 0 Å². The van der Waals surface area contributed by atoms with Gasteiger partial charge in [0.05, 0.1) is 17.9 Å². The molecule has 1 atom stereocenters. The lowest BCUT2D eigenvalue weighted by molar-refractivity contribution is -0.00541. The molecule has 0 bridgehead atoms. The summed E-state index contributed by atoms with van der Waals surface area (Å²) in [6, 6.07) is 11.2. The van der Waals surface area contributed by atoms with Gasteiger partial charge in [-0.05, 0) is 25.3 Å². The third-order valence-electron chi connectivity index (χ3n) is 3.65. The predicted molar refractivity (Wildman–Crippen MR) is 80.6 cm³/mol. The summed E-state index contributed by atoms with van der Waals surface area (Å²) in [5.41, 5.74) is 1.37. The maximum Gasteiger partial charge on any atom is 0.157 e. The molecule has 0 amide bonds. The number of hydrogen-bond acceptors (Lipinski definition) is 4. The molecule has 3 rings (SSSR count). The summed E-state index contributed by atoms with van der Waals surface area (Å²) in [5, 5.41) is 5.12. The smallest absolute Gasteiger partial charge is 0.157 e. The molecule has 0 spiro atoms. The molecule has 0 saturated heterocycles. The molecule has 1 heterocycles. The molecular weight excluding hydrogens is 256 g/mol. The number of nitrogens with zero attached hydrogens (tertiary/aromatic N) is 1. The normalized spacial score (nSPS) is 29.7. The second-order valence-electron chi connectivity index (χ2n) is 5.05. The second-order valence-corrected chi connectivity index (χ2v) is 6.24. The molecule has 3 nitrogen and oxygen atoms in total. The van der Waals surface area contributed by atoms with Crippen molar-refractivity contribution in [1.29, 1.82) is 0 Å². The van der Waals surface area contributed by atoms with Crippen molar-refractivity contribution < 1.29 is 4.74 Å². The number of aliphatic imine (C=N–C) groups is 1. The van der Waals surface area contributed by atoms with E-state index in [2.05, 4.69) is 47.6 Å². The van der Waals surface area contributed by atoms with Crippen LogP contribution in [-0.4, -0.2) is 30.5 Å². The van der Waals surface area contributed by atoms with Crippen molar-refractivity contribution in [2.45, 2.75) is 37.2 Å². The number of ether oxygens (including phenoxy) is 1. The van der Waals surface area contributed by atoms with Crippen molar-refractivity contribution in [2.24, 2.45) is 4.99 Å². The van der Waals surface area contributed by atoms with E-state index in [-0.39, 0.29) is 0 Å². The van der Waals surface area contributed by atoms with Crippen LogP contribution in [0.4, 0.5) is 0 Å². The Hall–Kier alpha value is -1.00. The van der Waals surface area contributed by atoms with E-state index in [0.717, 1.165) is 31.2 Å². The topological polar surface area (TPSA) is 33.6 Å². The van der Waals surface area contributed by atoms with E-state index in [1.807, 2.05) is 11.8 Å². The zero-order valence-electron chi connectivity index (χ0n) is 11.2. The van der Waals surface area contributed by atoms with Gasteiger partial charge in [-0.15, -0.1) is 0 Å². The Kier molecular flexibility index (Phi) is 4.09. The monoisotopic (exact) mass is 276 g/mol. The largest absolute Gasteiger partial charge is 0.378 e. The molecule has 0 aromatic heterocycles. The fourth-order valence-corrected chi connectivity index (χ4v) is 3.62. The van der Waals surface area contributed by atoms with E-state index in [1.54, 1.807) is 0 Å². The van der Waals surface area contributed by atoms with E-state index in [1.165, 1.54) is 5.56 Å². The SMILES string of the molecule is CCOC1CC(NC2=NCC(c3ccccc3)S2)C1. The van der Waals surface area contributed by atoms with E-state index in [9.17, 15) is 0 Å². The fraction of sp³-hybridized carbons (Fsp3) is 0.533. The highest BCUT2D eigenvalue weighted by Crippen LogP contribution is 2.35. The van der Waals surface area contributed by atoms with Gasteiger partial charge in [0, 0.05) is 12.6 Å². The maximum absolute atomic E-state index is 5.58. The quantitative estimate of drug-likeness (QED) is 0.918. The summed E-state index contributed by atoms with van der Waals surface area (Å²) in [7, 11) is 0. The molecule has 1 aliphatic carbocycles. The number of nitrogens with one attached hydrogen (secondary N) is 1. The van der Waals surface area contributed by atoms with Gasteiger partial charge in [-0.25, -0.2) is 0 Å². The standard InChI is InChI=1S/C15H20N2OS/c1-2-18-13-8-12(9-13)17-15-16-10-14(19-15)11-6-4-3-5-7-11/h3-7,12-14H,2,8-10H2,1H3,(H,16,17). The summed E-state index contributed by atoms with van der Waals surface area (Å²) in [4.78, 5) is 4.61. The summed E-state index contributed by atoms with van der Waals surface area (Å²) in [6.45, 7) is 3.77. The van der Waals surface area contributed by atoms with E-state index < -0.39 is 0 Å². The number of amidine groups is 1. The van der Waals surface area contributed by atoms with Crippen LogP contribution in [0.15, 0.2) is 35.3 Å². The van der Waals surface area contributed by atoms with Gasteiger partial charge in [0.25, 0.3) is 0 Å². The number of hydrogen-bond donors (Lipinski definition) is 1. The highest BCUT2D eigenvalue weighted by molar-refractivity contribution is 8.14. The molecule has 1 aromatic carbocycles. The average Bonchev–Trinajstić information content (AvgIpc) is 2.86. The minimum atomic E-state index is 0.458. The van der Waals surface area contributed by atoms with Gasteiger partial charge in [-0.3, -0.25) is 4.99 Å². The third kappa shape index (κ3) is 3.12. The molecule has 1 aliphatic heterocycles. The summed E-state index contributed by atoms with van der Waals surface area (Å²) < 4.78 is 5.58. The second kappa shape index (κ2) is 5.97. The zero-order chi connectivity index (χ0) is 13.1. The molecule has 1 N–H and O–H groups in total. The van der Waals surface area contributed by atoms with Crippen molar-refractivity contribution in [1.82, 2.24) is 5.32 Å². The molecule has 1 aromatic rings. The van der Waals surface area contributed by atoms with Crippen LogP contribution in [0.1, 0.15) is 30.6 Å². The van der Waals surface area contributed by atoms with Gasteiger partial charge in [-0.1, -0.05) is 42.1 Å². The summed E-state index contributed by atoms with van der Waals surface area (Å²) in [6.07, 6.45) is 2.69. The average molecular weight is 276 g/mol. The van der Waals surface area contributed by atoms with Crippen molar-refractivity contribution in [3.05, 3.63) is 35.9 Å². The Morgan fingerprint density at radius 1 is 1.32 bits per heavy atom. The Morgan fingerprint density at radius 2 is 2.11 bits per heavy atom. The minimum Gasteiger partial charge on any atom is -0.378 e. The summed E-state index contributed by atoms with van der Waals surface area (Å²) in [5.74, 6) is 0. The van der Waals surface area contributed by atoms with Gasteiger partial charge in [-0.2, -0.15) is 0 Å². The van der Waals surface area contributed by atoms with Gasteiger partial charge in [0.2, 0.25) is 0 Å². The Labute approximate surface area is 118 Å². The molecule has 1 fully saturated rings. The lowest BCUT2D eigenvalue weighted by Gasteiger charge is -2.35. The first-order valence-corrected chi connectivity index (χ1v) is 7.87. The molecular formula is C15H20N2OS. The number of benzene rings is 1. The van der Waals surface area contributed by atoms with Crippen LogP contribution in [0.2, 0.25) is 0 Å². The molecule has 1 saturated carbocycles. The number of thioether (sulfide) groups is 1. The van der Waals surface area contributed by atoms with E-state index in [0.29, 0.717) is 17.4 Å². The first-order chi connectivity index (χ1) is 9.35. The van der Waals surface area contributed by atoms with Crippen molar-refractivity contribution in [2.75, 3.05) is 13.2 Å². The molecule has 0 radical (unpaired) electrons. The first kappa shape index (κ1) is 13.0. The van der Waals surface area contributed by atoms with Crippen LogP contribution in [0, 0.1) is 0 Å². The molecule has 4 heteroatoms. The molecule has 1 unspecified atom stereocenters. The minimum absolute atomic E-state index is 0.458. The van der Waals surface area contributed by atoms with Crippen LogP contribution in [0.25, 0.3) is 0 Å². The summed E-state index contributed by atoms with van der Waals surface area (Å²) >= 11 is 1.85. The maximum atomic E-state index is 5.58. The van der Waals surface area contributed by atoms with Gasteiger partial charge >= 0.3 is 0 Å². The van der Waals surface area contributed by atoms with Crippen LogP contribution < -0.4 is 5.32 Å². The molecule has 102 valence electrons. The first-order valence-electron chi connectivity index (χ1n) is 6.99. The predicted octanol–water partition coefficient (Wildman–Crippen LogP) is 2.99. The van der Waals surface area contributed by atoms with Crippen LogP contribution >= 0.6 is 11.8 Å². The van der Waals surface area contributed by atoms with E-state index >= 15 is 0 Å². The Morgan fingerprint density at radius 3 is 2.84 bits per heavy atom. The third-order valence-corrected chi connectivity index (χ3v) is 4.83. The highest BCUT2D eigenvalue weighted by atomic mass is 32.2. The molecule has 2 aliphatic rings. The Bertz CT molecular complexity index is 443. The van der Waals surface area contributed by atoms with E-state index in [4.69, 9.17) is 4.74 Å². The number of rotatable bonds is 4. The van der Waals surface area contributed by atoms with Gasteiger partial charge < -0.3 is 10.1 Å². The van der Waals surface area contributed by atoms with Gasteiger partial charge in [0.1, 0.15) is 0 Å². The van der Waals surface area contributed by atoms with Crippen molar-refractivity contribution in [3.63, 3.8) is 0 Å². The van der Waals surface area contributed by atoms with Crippen LogP contribution in [-0.2, 0) is 4.74 Å². The molecule has 19 heavy (non-hydrogen) atoms. The van der Waals surface area contributed by atoms with Crippen molar-refractivity contribution >= 4 is 16.9 Å². The zero-order valence-corrected chi connectivity index (χ0v) is 12.0. The van der Waals surface area contributed by atoms with Crippen LogP contribution in [0.3, 0.4) is 0 Å². The lowest BCUT2D eigenvalue weighted by atomic mass is 9.89. The fourth-order valence-electron chi connectivity index (χ4n) is 2.53. The van der Waals surface area contributed by atoms with Gasteiger partial charge in [0.15, 0.2) is 5.17 Å². The van der Waals surface area contributed by atoms with Crippen molar-refractivity contribution in [3.8, 4) is 0 Å². The highest BCUT2D eigenvalue weighted by Gasteiger charge is 2.32. The Balaban J connectivity index is 1.45. The lowest BCUT2D eigenvalue weighted by Crippen LogP contribution is -2.46.